The number of nitrogens with one attached hydrogen (secondary N) is 1. The molecule has 0 aliphatic rings. The highest BCUT2D eigenvalue weighted by Gasteiger charge is 2.22. The van der Waals surface area contributed by atoms with E-state index in [2.05, 4.69) is 5.43 Å². The Morgan fingerprint density at radius 3 is 2.50 bits per heavy atom. The van der Waals surface area contributed by atoms with Gasteiger partial charge in [0.2, 0.25) is 0 Å². The number of benzene rings is 1. The average Bonchev–Trinajstić information content (AvgIpc) is 2.39. The summed E-state index contributed by atoms with van der Waals surface area (Å²) in [7, 11) is 3.26. The van der Waals surface area contributed by atoms with Crippen molar-refractivity contribution >= 4 is 0 Å². The minimum absolute atomic E-state index is 0.0685. The van der Waals surface area contributed by atoms with Crippen LogP contribution in [0.5, 0.6) is 11.5 Å². The minimum atomic E-state index is -0.157. The van der Waals surface area contributed by atoms with Crippen molar-refractivity contribution in [2.24, 2.45) is 5.84 Å². The zero-order valence-corrected chi connectivity index (χ0v) is 11.4. The molecule has 0 heterocycles. The highest BCUT2D eigenvalue weighted by molar-refractivity contribution is 5.42. The van der Waals surface area contributed by atoms with Crippen LogP contribution < -0.4 is 20.7 Å². The van der Waals surface area contributed by atoms with E-state index in [4.69, 9.17) is 20.1 Å². The van der Waals surface area contributed by atoms with Gasteiger partial charge < -0.3 is 14.2 Å². The molecule has 0 fully saturated rings. The number of methoxy groups -OCH3 is 2. The largest absolute Gasteiger partial charge is 0.497 e. The van der Waals surface area contributed by atoms with E-state index in [-0.39, 0.29) is 12.1 Å². The van der Waals surface area contributed by atoms with Crippen molar-refractivity contribution in [3.8, 4) is 11.5 Å². The highest BCUT2D eigenvalue weighted by Crippen LogP contribution is 2.31. The van der Waals surface area contributed by atoms with Crippen LogP contribution in [-0.2, 0) is 4.74 Å². The molecule has 1 rings (SSSR count). The quantitative estimate of drug-likeness (QED) is 0.572. The van der Waals surface area contributed by atoms with Gasteiger partial charge in [-0.3, -0.25) is 11.3 Å². The zero-order valence-electron chi connectivity index (χ0n) is 11.4. The Balaban J connectivity index is 3.09. The van der Waals surface area contributed by atoms with Gasteiger partial charge in [0.25, 0.3) is 0 Å². The zero-order chi connectivity index (χ0) is 13.5. The lowest BCUT2D eigenvalue weighted by Crippen LogP contribution is -2.36. The molecular formula is C13H22N2O3. The lowest BCUT2D eigenvalue weighted by Gasteiger charge is -2.25. The first-order valence-corrected chi connectivity index (χ1v) is 5.97. The van der Waals surface area contributed by atoms with Gasteiger partial charge in [0, 0.05) is 12.2 Å². The van der Waals surface area contributed by atoms with Gasteiger partial charge in [0.05, 0.1) is 26.4 Å². The molecule has 2 atom stereocenters. The van der Waals surface area contributed by atoms with Gasteiger partial charge >= 0.3 is 0 Å². The van der Waals surface area contributed by atoms with Gasteiger partial charge in [-0.1, -0.05) is 0 Å². The summed E-state index contributed by atoms with van der Waals surface area (Å²) in [5, 5.41) is 0. The Bertz CT molecular complexity index is 371. The van der Waals surface area contributed by atoms with E-state index >= 15 is 0 Å². The molecule has 18 heavy (non-hydrogen) atoms. The van der Waals surface area contributed by atoms with Gasteiger partial charge in [0.1, 0.15) is 11.5 Å². The third kappa shape index (κ3) is 3.35. The molecule has 0 bridgehead atoms. The van der Waals surface area contributed by atoms with Crippen molar-refractivity contribution in [1.82, 2.24) is 5.43 Å². The molecule has 1 aromatic carbocycles. The summed E-state index contributed by atoms with van der Waals surface area (Å²) < 4.78 is 16.2. The maximum atomic E-state index is 5.62. The molecule has 0 radical (unpaired) electrons. The first-order valence-electron chi connectivity index (χ1n) is 5.97. The fraction of sp³-hybridized carbons (Fsp3) is 0.538. The van der Waals surface area contributed by atoms with Crippen LogP contribution in [0.4, 0.5) is 0 Å². The first-order chi connectivity index (χ1) is 8.67. The first kappa shape index (κ1) is 14.8. The van der Waals surface area contributed by atoms with E-state index in [1.165, 1.54) is 0 Å². The Labute approximate surface area is 108 Å². The van der Waals surface area contributed by atoms with Crippen LogP contribution in [0, 0.1) is 0 Å². The summed E-state index contributed by atoms with van der Waals surface area (Å²) in [6.07, 6.45) is -0.0685. The SMILES string of the molecule is CCOC(C)C(NN)c1cc(OC)ccc1OC. The normalized spacial score (nSPS) is 14.1. The Morgan fingerprint density at radius 2 is 2.00 bits per heavy atom. The highest BCUT2D eigenvalue weighted by atomic mass is 16.5. The fourth-order valence-corrected chi connectivity index (χ4v) is 1.92. The molecule has 2 unspecified atom stereocenters. The molecule has 0 saturated heterocycles. The Kier molecular flexibility index (Phi) is 5.91. The van der Waals surface area contributed by atoms with Crippen molar-refractivity contribution in [2.45, 2.75) is 26.0 Å². The lowest BCUT2D eigenvalue weighted by atomic mass is 10.0. The third-order valence-corrected chi connectivity index (χ3v) is 2.85. The molecular weight excluding hydrogens is 232 g/mol. The topological polar surface area (TPSA) is 65.7 Å². The van der Waals surface area contributed by atoms with Gasteiger partial charge in [0.15, 0.2) is 0 Å². The second kappa shape index (κ2) is 7.20. The lowest BCUT2D eigenvalue weighted by molar-refractivity contribution is 0.0465. The van der Waals surface area contributed by atoms with Crippen molar-refractivity contribution in [3.05, 3.63) is 23.8 Å². The average molecular weight is 254 g/mol. The minimum Gasteiger partial charge on any atom is -0.497 e. The molecule has 0 saturated carbocycles. The second-order valence-electron chi connectivity index (χ2n) is 3.91. The number of nitrogens with two attached hydrogens (primary N) is 1. The van der Waals surface area contributed by atoms with Crippen LogP contribution >= 0.6 is 0 Å². The number of rotatable bonds is 7. The summed E-state index contributed by atoms with van der Waals surface area (Å²) >= 11 is 0. The predicted molar refractivity (Wildman–Crippen MR) is 70.7 cm³/mol. The fourth-order valence-electron chi connectivity index (χ4n) is 1.92. The Morgan fingerprint density at radius 1 is 1.28 bits per heavy atom. The van der Waals surface area contributed by atoms with E-state index < -0.39 is 0 Å². The second-order valence-corrected chi connectivity index (χ2v) is 3.91. The van der Waals surface area contributed by atoms with Crippen molar-refractivity contribution in [2.75, 3.05) is 20.8 Å². The summed E-state index contributed by atoms with van der Waals surface area (Å²) in [5.41, 5.74) is 3.69. The molecule has 3 N–H and O–H groups in total. The standard InChI is InChI=1S/C13H22N2O3/c1-5-18-9(2)13(15-14)11-8-10(16-3)6-7-12(11)17-4/h6-9,13,15H,5,14H2,1-4H3. The van der Waals surface area contributed by atoms with Gasteiger partial charge in [-0.2, -0.15) is 0 Å². The van der Waals surface area contributed by atoms with Crippen LogP contribution in [-0.4, -0.2) is 26.9 Å². The molecule has 5 nitrogen and oxygen atoms in total. The van der Waals surface area contributed by atoms with Gasteiger partial charge in [-0.25, -0.2) is 0 Å². The van der Waals surface area contributed by atoms with E-state index in [0.29, 0.717) is 6.61 Å². The molecule has 1 aromatic rings. The van der Waals surface area contributed by atoms with Gasteiger partial charge in [-0.05, 0) is 32.0 Å². The van der Waals surface area contributed by atoms with E-state index in [9.17, 15) is 0 Å². The number of hydrazine groups is 1. The molecule has 102 valence electrons. The summed E-state index contributed by atoms with van der Waals surface area (Å²) in [6, 6.07) is 5.45. The number of ether oxygens (including phenoxy) is 3. The Hall–Kier alpha value is -1.30. The predicted octanol–water partition coefficient (Wildman–Crippen LogP) is 1.63. The molecule has 0 aliphatic heterocycles. The summed E-state index contributed by atoms with van der Waals surface area (Å²) in [6.45, 7) is 4.55. The monoisotopic (exact) mass is 254 g/mol. The molecule has 5 heteroatoms. The molecule has 0 aliphatic carbocycles. The van der Waals surface area contributed by atoms with Gasteiger partial charge in [-0.15, -0.1) is 0 Å². The molecule has 0 spiro atoms. The van der Waals surface area contributed by atoms with Crippen molar-refractivity contribution < 1.29 is 14.2 Å². The molecule has 0 aromatic heterocycles. The van der Waals surface area contributed by atoms with Crippen molar-refractivity contribution in [3.63, 3.8) is 0 Å². The number of hydrogen-bond donors (Lipinski definition) is 2. The van der Waals surface area contributed by atoms with E-state index in [0.717, 1.165) is 17.1 Å². The van der Waals surface area contributed by atoms with Crippen LogP contribution in [0.15, 0.2) is 18.2 Å². The smallest absolute Gasteiger partial charge is 0.124 e. The summed E-state index contributed by atoms with van der Waals surface area (Å²) in [5.74, 6) is 7.14. The van der Waals surface area contributed by atoms with Crippen LogP contribution in [0.1, 0.15) is 25.5 Å². The summed E-state index contributed by atoms with van der Waals surface area (Å²) in [4.78, 5) is 0. The maximum Gasteiger partial charge on any atom is 0.124 e. The van der Waals surface area contributed by atoms with Crippen LogP contribution in [0.25, 0.3) is 0 Å². The van der Waals surface area contributed by atoms with E-state index in [1.807, 2.05) is 32.0 Å². The number of hydrogen-bond acceptors (Lipinski definition) is 5. The van der Waals surface area contributed by atoms with Crippen molar-refractivity contribution in [1.29, 1.82) is 0 Å². The molecule has 0 amide bonds. The maximum absolute atomic E-state index is 5.62. The third-order valence-electron chi connectivity index (χ3n) is 2.85. The van der Waals surface area contributed by atoms with E-state index in [1.54, 1.807) is 14.2 Å². The van der Waals surface area contributed by atoms with Crippen LogP contribution in [0.2, 0.25) is 0 Å². The van der Waals surface area contributed by atoms with Crippen LogP contribution in [0.3, 0.4) is 0 Å².